The molecule has 4 heteroatoms. The van der Waals surface area contributed by atoms with E-state index in [4.69, 9.17) is 4.52 Å². The lowest BCUT2D eigenvalue weighted by molar-refractivity contribution is 0.0754. The summed E-state index contributed by atoms with van der Waals surface area (Å²) in [6.45, 7) is 5.90. The molecular weight excluding hydrogens is 343 g/mol. The zero-order valence-corrected chi connectivity index (χ0v) is 15.8. The van der Waals surface area contributed by atoms with Crippen LogP contribution in [0, 0.1) is 20.8 Å². The fourth-order valence-electron chi connectivity index (χ4n) is 3.68. The van der Waals surface area contributed by atoms with Crippen LogP contribution in [0.25, 0.3) is 22.3 Å². The summed E-state index contributed by atoms with van der Waals surface area (Å²) in [6.07, 6.45) is 0. The van der Waals surface area contributed by atoms with Crippen LogP contribution in [0.3, 0.4) is 0 Å². The van der Waals surface area contributed by atoms with E-state index in [0.29, 0.717) is 5.56 Å². The Balaban J connectivity index is 2.40. The lowest BCUT2D eigenvalue weighted by Crippen LogP contribution is -2.09. The molecule has 0 aromatic heterocycles. The third-order valence-corrected chi connectivity index (χ3v) is 4.94. The van der Waals surface area contributed by atoms with Gasteiger partial charge in [0, 0.05) is 0 Å². The Hall–Kier alpha value is -2.77. The summed E-state index contributed by atoms with van der Waals surface area (Å²) < 4.78 is 15.6. The van der Waals surface area contributed by atoms with Crippen LogP contribution < -0.4 is 0 Å². The van der Waals surface area contributed by atoms with Gasteiger partial charge in [0.15, 0.2) is 0 Å². The zero-order valence-electron chi connectivity index (χ0n) is 14.9. The Kier molecular flexibility index (Phi) is 5.29. The summed E-state index contributed by atoms with van der Waals surface area (Å²) in [4.78, 5) is 12.5. The van der Waals surface area contributed by atoms with Gasteiger partial charge < -0.3 is 4.52 Å². The summed E-state index contributed by atoms with van der Waals surface area (Å²) in [6, 6.07) is 19.9. The molecule has 3 nitrogen and oxygen atoms in total. The van der Waals surface area contributed by atoms with Crippen LogP contribution in [0.5, 0.6) is 0 Å². The van der Waals surface area contributed by atoms with Crippen molar-refractivity contribution in [3.05, 3.63) is 82.9 Å². The Labute approximate surface area is 154 Å². The Morgan fingerprint density at radius 3 is 1.54 bits per heavy atom. The quantitative estimate of drug-likeness (QED) is 0.511. The molecule has 3 aromatic carbocycles. The second-order valence-electron chi connectivity index (χ2n) is 6.19. The zero-order chi connectivity index (χ0) is 18.7. The molecule has 0 N–H and O–H groups in total. The van der Waals surface area contributed by atoms with E-state index in [-0.39, 0.29) is 0 Å². The Bertz CT molecular complexity index is 897. The van der Waals surface area contributed by atoms with Gasteiger partial charge in [-0.3, -0.25) is 0 Å². The van der Waals surface area contributed by atoms with E-state index in [1.807, 2.05) is 74.5 Å². The van der Waals surface area contributed by atoms with Crippen molar-refractivity contribution < 1.29 is 13.9 Å². The van der Waals surface area contributed by atoms with Gasteiger partial charge in [0.05, 0.1) is 5.56 Å². The molecule has 0 spiro atoms. The summed E-state index contributed by atoms with van der Waals surface area (Å²) >= 11 is 0. The standard InChI is InChI=1S/C22H19O3P/c1-14-19(17-10-6-4-7-11-17)15(2)21(22(23)25-26-24)16(3)20(14)18-12-8-5-9-13-18/h4-13H,1-3H3. The van der Waals surface area contributed by atoms with Crippen molar-refractivity contribution in [1.82, 2.24) is 0 Å². The van der Waals surface area contributed by atoms with E-state index in [2.05, 4.69) is 6.92 Å². The van der Waals surface area contributed by atoms with Gasteiger partial charge in [-0.05, 0) is 59.7 Å². The van der Waals surface area contributed by atoms with Crippen LogP contribution in [0.4, 0.5) is 0 Å². The third-order valence-electron chi connectivity index (χ3n) is 4.70. The first kappa shape index (κ1) is 18.0. The number of hydrogen-bond donors (Lipinski definition) is 0. The van der Waals surface area contributed by atoms with Crippen molar-refractivity contribution in [1.29, 1.82) is 0 Å². The van der Waals surface area contributed by atoms with Crippen LogP contribution in [-0.4, -0.2) is 5.97 Å². The Morgan fingerprint density at radius 2 is 1.15 bits per heavy atom. The maximum atomic E-state index is 12.5. The average Bonchev–Trinajstić information content (AvgIpc) is 2.63. The van der Waals surface area contributed by atoms with Crippen molar-refractivity contribution in [2.24, 2.45) is 0 Å². The highest BCUT2D eigenvalue weighted by Crippen LogP contribution is 2.40. The van der Waals surface area contributed by atoms with Gasteiger partial charge in [0.1, 0.15) is 0 Å². The molecular formula is C22H19O3P. The van der Waals surface area contributed by atoms with Gasteiger partial charge in [0.2, 0.25) is 0 Å². The lowest BCUT2D eigenvalue weighted by Gasteiger charge is -2.21. The molecule has 0 unspecified atom stereocenters. The van der Waals surface area contributed by atoms with E-state index in [1.54, 1.807) is 0 Å². The molecule has 130 valence electrons. The molecule has 26 heavy (non-hydrogen) atoms. The minimum atomic E-state index is -0.645. The van der Waals surface area contributed by atoms with Crippen LogP contribution >= 0.6 is 8.69 Å². The largest absolute Gasteiger partial charge is 0.398 e. The maximum absolute atomic E-state index is 12.5. The monoisotopic (exact) mass is 362 g/mol. The number of hydrogen-bond acceptors (Lipinski definition) is 3. The third kappa shape index (κ3) is 3.18. The van der Waals surface area contributed by atoms with Crippen molar-refractivity contribution in [2.45, 2.75) is 20.8 Å². The van der Waals surface area contributed by atoms with E-state index in [1.165, 1.54) is 0 Å². The maximum Gasteiger partial charge on any atom is 0.398 e. The van der Waals surface area contributed by atoms with E-state index < -0.39 is 14.7 Å². The van der Waals surface area contributed by atoms with Crippen molar-refractivity contribution in [3.63, 3.8) is 0 Å². The number of benzene rings is 3. The SMILES string of the molecule is Cc1c(C(=O)OP=O)c(C)c(-c2ccccc2)c(C)c1-c1ccccc1. The van der Waals surface area contributed by atoms with Gasteiger partial charge in [-0.15, -0.1) is 0 Å². The van der Waals surface area contributed by atoms with Crippen LogP contribution in [0.2, 0.25) is 0 Å². The molecule has 0 heterocycles. The van der Waals surface area contributed by atoms with Gasteiger partial charge in [-0.1, -0.05) is 60.7 Å². The summed E-state index contributed by atoms with van der Waals surface area (Å²) in [5.41, 5.74) is 7.32. The van der Waals surface area contributed by atoms with Gasteiger partial charge >= 0.3 is 14.7 Å². The summed E-state index contributed by atoms with van der Waals surface area (Å²) in [5.74, 6) is -0.578. The molecule has 0 fully saturated rings. The highest BCUT2D eigenvalue weighted by atomic mass is 31.1. The second-order valence-corrected chi connectivity index (χ2v) is 6.52. The molecule has 0 saturated heterocycles. The number of carbonyl (C=O) groups is 1. The smallest absolute Gasteiger partial charge is 0.369 e. The topological polar surface area (TPSA) is 43.4 Å². The fraction of sp³-hybridized carbons (Fsp3) is 0.136. The van der Waals surface area contributed by atoms with Crippen molar-refractivity contribution in [3.8, 4) is 22.3 Å². The normalized spacial score (nSPS) is 10.7. The first-order valence-electron chi connectivity index (χ1n) is 8.34. The first-order chi connectivity index (χ1) is 12.6. The molecule has 0 radical (unpaired) electrons. The van der Waals surface area contributed by atoms with Gasteiger partial charge in [-0.25, -0.2) is 9.36 Å². The van der Waals surface area contributed by atoms with Crippen molar-refractivity contribution >= 4 is 14.7 Å². The minimum absolute atomic E-state index is 0.469. The molecule has 3 rings (SSSR count). The first-order valence-corrected chi connectivity index (χ1v) is 9.08. The van der Waals surface area contributed by atoms with Crippen LogP contribution in [-0.2, 0) is 9.09 Å². The van der Waals surface area contributed by atoms with E-state index in [0.717, 1.165) is 38.9 Å². The van der Waals surface area contributed by atoms with Gasteiger partial charge in [0.25, 0.3) is 0 Å². The van der Waals surface area contributed by atoms with Gasteiger partial charge in [-0.2, -0.15) is 0 Å². The lowest BCUT2D eigenvalue weighted by atomic mass is 9.83. The van der Waals surface area contributed by atoms with Crippen LogP contribution in [0.1, 0.15) is 27.0 Å². The molecule has 0 bridgehead atoms. The van der Waals surface area contributed by atoms with Crippen LogP contribution in [0.15, 0.2) is 60.7 Å². The molecule has 3 aromatic rings. The molecule has 0 amide bonds. The molecule has 0 aliphatic carbocycles. The number of carbonyl (C=O) groups excluding carboxylic acids is 1. The molecule has 0 aliphatic rings. The van der Waals surface area contributed by atoms with E-state index in [9.17, 15) is 9.36 Å². The molecule has 0 saturated carbocycles. The predicted molar refractivity (Wildman–Crippen MR) is 105 cm³/mol. The molecule has 0 atom stereocenters. The second kappa shape index (κ2) is 7.63. The minimum Gasteiger partial charge on any atom is -0.369 e. The Morgan fingerprint density at radius 1 is 0.731 bits per heavy atom. The summed E-state index contributed by atoms with van der Waals surface area (Å²) in [5, 5.41) is 0. The van der Waals surface area contributed by atoms with Crippen molar-refractivity contribution in [2.75, 3.05) is 0 Å². The van der Waals surface area contributed by atoms with E-state index >= 15 is 0 Å². The highest BCUT2D eigenvalue weighted by Gasteiger charge is 2.24. The molecule has 0 aliphatic heterocycles. The highest BCUT2D eigenvalue weighted by molar-refractivity contribution is 7.18. The summed E-state index contributed by atoms with van der Waals surface area (Å²) in [7, 11) is -0.645. The predicted octanol–water partition coefficient (Wildman–Crippen LogP) is 6.31. The number of rotatable bonds is 4. The fourth-order valence-corrected chi connectivity index (χ4v) is 3.84. The average molecular weight is 362 g/mol.